The third kappa shape index (κ3) is 2.80. The van der Waals surface area contributed by atoms with Crippen LogP contribution in [0, 0.1) is 0 Å². The van der Waals surface area contributed by atoms with E-state index in [0.717, 1.165) is 5.13 Å². The first-order valence-electron chi connectivity index (χ1n) is 5.84. The molecule has 1 unspecified atom stereocenters. The van der Waals surface area contributed by atoms with Gasteiger partial charge in [0, 0.05) is 6.54 Å². The summed E-state index contributed by atoms with van der Waals surface area (Å²) < 4.78 is 10.2. The van der Waals surface area contributed by atoms with E-state index >= 15 is 0 Å². The summed E-state index contributed by atoms with van der Waals surface area (Å²) in [7, 11) is 0. The highest BCUT2D eigenvalue weighted by Gasteiger charge is 2.25. The van der Waals surface area contributed by atoms with Gasteiger partial charge in [0.15, 0.2) is 5.13 Å². The van der Waals surface area contributed by atoms with Crippen LogP contribution in [0.4, 0.5) is 5.13 Å². The Morgan fingerprint density at radius 2 is 2.61 bits per heavy atom. The minimum atomic E-state index is -0.352. The van der Waals surface area contributed by atoms with Crippen molar-refractivity contribution in [2.24, 2.45) is 0 Å². The van der Waals surface area contributed by atoms with Gasteiger partial charge >= 0.3 is 5.97 Å². The van der Waals surface area contributed by atoms with Gasteiger partial charge in [-0.05, 0) is 6.92 Å². The van der Waals surface area contributed by atoms with Gasteiger partial charge in [-0.1, -0.05) is 11.3 Å². The first kappa shape index (κ1) is 13.3. The van der Waals surface area contributed by atoms with E-state index in [0.29, 0.717) is 31.2 Å². The van der Waals surface area contributed by atoms with Gasteiger partial charge in [0.25, 0.3) is 0 Å². The van der Waals surface area contributed by atoms with E-state index < -0.39 is 0 Å². The maximum atomic E-state index is 11.5. The molecule has 100 valence electrons. The second-order valence-electron chi connectivity index (χ2n) is 3.83. The molecule has 1 aliphatic rings. The van der Waals surface area contributed by atoms with Crippen molar-refractivity contribution in [2.45, 2.75) is 13.0 Å². The van der Waals surface area contributed by atoms with Gasteiger partial charge in [0.2, 0.25) is 0 Å². The molecule has 1 aliphatic heterocycles. The molecule has 2 heterocycles. The minimum absolute atomic E-state index is 0.00825. The minimum Gasteiger partial charge on any atom is -0.462 e. The molecule has 1 atom stereocenters. The molecule has 0 aromatic carbocycles. The van der Waals surface area contributed by atoms with Crippen molar-refractivity contribution >= 4 is 22.4 Å². The topological polar surface area (TPSA) is 71.9 Å². The quantitative estimate of drug-likeness (QED) is 0.806. The summed E-state index contributed by atoms with van der Waals surface area (Å²) in [5.74, 6) is -0.352. The van der Waals surface area contributed by atoms with Crippen LogP contribution in [0.2, 0.25) is 0 Å². The third-order valence-electron chi connectivity index (χ3n) is 2.65. The maximum Gasteiger partial charge on any atom is 0.350 e. The number of rotatable bonds is 4. The molecule has 0 spiro atoms. The van der Waals surface area contributed by atoms with E-state index in [2.05, 4.69) is 4.98 Å². The van der Waals surface area contributed by atoms with Crippen LogP contribution >= 0.6 is 11.3 Å². The molecule has 2 rings (SSSR count). The zero-order valence-electron chi connectivity index (χ0n) is 10.2. The first-order chi connectivity index (χ1) is 8.76. The average molecular weight is 272 g/mol. The van der Waals surface area contributed by atoms with Gasteiger partial charge in [0.05, 0.1) is 38.7 Å². The number of thiazole rings is 1. The van der Waals surface area contributed by atoms with Crippen molar-refractivity contribution in [3.63, 3.8) is 0 Å². The molecule has 1 saturated heterocycles. The SMILES string of the molecule is CCOC(=O)c1cnc(N2CCOCC2CO)s1. The second kappa shape index (κ2) is 6.12. The Kier molecular flexibility index (Phi) is 4.51. The van der Waals surface area contributed by atoms with Gasteiger partial charge in [-0.25, -0.2) is 9.78 Å². The van der Waals surface area contributed by atoms with Crippen molar-refractivity contribution in [3.8, 4) is 0 Å². The molecular formula is C11H16N2O4S. The van der Waals surface area contributed by atoms with Crippen LogP contribution in [-0.2, 0) is 9.47 Å². The van der Waals surface area contributed by atoms with E-state index in [4.69, 9.17) is 9.47 Å². The van der Waals surface area contributed by atoms with Crippen molar-refractivity contribution in [3.05, 3.63) is 11.1 Å². The fourth-order valence-electron chi connectivity index (χ4n) is 1.75. The van der Waals surface area contributed by atoms with Gasteiger partial charge in [-0.3, -0.25) is 0 Å². The lowest BCUT2D eigenvalue weighted by molar-refractivity contribution is 0.0532. The Morgan fingerprint density at radius 1 is 1.78 bits per heavy atom. The fraction of sp³-hybridized carbons (Fsp3) is 0.636. The number of aliphatic hydroxyl groups excluding tert-OH is 1. The van der Waals surface area contributed by atoms with Gasteiger partial charge < -0.3 is 19.5 Å². The Bertz CT molecular complexity index is 410. The van der Waals surface area contributed by atoms with Crippen molar-refractivity contribution < 1.29 is 19.4 Å². The molecule has 0 bridgehead atoms. The van der Waals surface area contributed by atoms with Crippen LogP contribution in [-0.4, -0.2) is 55.1 Å². The standard InChI is InChI=1S/C11H16N2O4S/c1-2-17-10(15)9-5-12-11(18-9)13-3-4-16-7-8(13)6-14/h5,8,14H,2-4,6-7H2,1H3. The van der Waals surface area contributed by atoms with Gasteiger partial charge in [0.1, 0.15) is 4.88 Å². The van der Waals surface area contributed by atoms with Gasteiger partial charge in [-0.15, -0.1) is 0 Å². The van der Waals surface area contributed by atoms with Crippen LogP contribution in [0.1, 0.15) is 16.6 Å². The maximum absolute atomic E-state index is 11.5. The zero-order valence-corrected chi connectivity index (χ0v) is 11.0. The Labute approximate surface area is 109 Å². The summed E-state index contributed by atoms with van der Waals surface area (Å²) in [5.41, 5.74) is 0. The van der Waals surface area contributed by atoms with Crippen LogP contribution in [0.5, 0.6) is 0 Å². The zero-order chi connectivity index (χ0) is 13.0. The summed E-state index contributed by atoms with van der Waals surface area (Å²) >= 11 is 1.28. The summed E-state index contributed by atoms with van der Waals surface area (Å²) in [4.78, 5) is 18.2. The van der Waals surface area contributed by atoms with Crippen LogP contribution in [0.25, 0.3) is 0 Å². The molecule has 0 radical (unpaired) electrons. The molecule has 0 saturated carbocycles. The first-order valence-corrected chi connectivity index (χ1v) is 6.66. The number of carbonyl (C=O) groups excluding carboxylic acids is 1. The predicted octanol–water partition coefficient (Wildman–Crippen LogP) is 0.517. The molecule has 1 fully saturated rings. The largest absolute Gasteiger partial charge is 0.462 e. The van der Waals surface area contributed by atoms with Crippen molar-refractivity contribution in [1.29, 1.82) is 0 Å². The molecule has 1 N–H and O–H groups in total. The number of anilines is 1. The highest BCUT2D eigenvalue weighted by molar-refractivity contribution is 7.17. The number of aliphatic hydroxyl groups is 1. The van der Waals surface area contributed by atoms with E-state index in [-0.39, 0.29) is 18.6 Å². The average Bonchev–Trinajstić information content (AvgIpc) is 2.88. The number of carbonyl (C=O) groups is 1. The van der Waals surface area contributed by atoms with Crippen LogP contribution < -0.4 is 4.90 Å². The van der Waals surface area contributed by atoms with Crippen molar-refractivity contribution in [1.82, 2.24) is 4.98 Å². The molecule has 0 aliphatic carbocycles. The Morgan fingerprint density at radius 3 is 3.33 bits per heavy atom. The summed E-state index contributed by atoms with van der Waals surface area (Å²) in [5, 5.41) is 10.0. The summed E-state index contributed by atoms with van der Waals surface area (Å²) in [6.07, 6.45) is 1.52. The van der Waals surface area contributed by atoms with E-state index in [1.807, 2.05) is 4.90 Å². The van der Waals surface area contributed by atoms with Crippen LogP contribution in [0.15, 0.2) is 6.20 Å². The highest BCUT2D eigenvalue weighted by Crippen LogP contribution is 2.26. The molecule has 7 heteroatoms. The number of ether oxygens (including phenoxy) is 2. The normalized spacial score (nSPS) is 19.9. The lowest BCUT2D eigenvalue weighted by atomic mass is 10.2. The number of esters is 1. The highest BCUT2D eigenvalue weighted by atomic mass is 32.1. The number of aromatic nitrogens is 1. The van der Waals surface area contributed by atoms with E-state index in [1.165, 1.54) is 17.5 Å². The van der Waals surface area contributed by atoms with Gasteiger partial charge in [-0.2, -0.15) is 0 Å². The number of nitrogens with zero attached hydrogens (tertiary/aromatic N) is 2. The fourth-order valence-corrected chi connectivity index (χ4v) is 2.66. The van der Waals surface area contributed by atoms with E-state index in [9.17, 15) is 9.90 Å². The number of hydrogen-bond acceptors (Lipinski definition) is 7. The molecule has 6 nitrogen and oxygen atoms in total. The predicted molar refractivity (Wildman–Crippen MR) is 67.1 cm³/mol. The van der Waals surface area contributed by atoms with Crippen molar-refractivity contribution in [2.75, 3.05) is 37.9 Å². The van der Waals surface area contributed by atoms with Crippen LogP contribution in [0.3, 0.4) is 0 Å². The molecule has 1 aromatic rings. The Hall–Kier alpha value is -1.18. The molecule has 1 aromatic heterocycles. The lowest BCUT2D eigenvalue weighted by Crippen LogP contribution is -2.47. The summed E-state index contributed by atoms with van der Waals surface area (Å²) in [6.45, 7) is 3.87. The smallest absolute Gasteiger partial charge is 0.350 e. The Balaban J connectivity index is 2.10. The number of hydrogen-bond donors (Lipinski definition) is 1. The summed E-state index contributed by atoms with van der Waals surface area (Å²) in [6, 6.07) is -0.0973. The second-order valence-corrected chi connectivity index (χ2v) is 4.84. The molecular weight excluding hydrogens is 256 g/mol. The number of morpholine rings is 1. The molecule has 0 amide bonds. The molecule has 18 heavy (non-hydrogen) atoms. The monoisotopic (exact) mass is 272 g/mol. The lowest BCUT2D eigenvalue weighted by Gasteiger charge is -2.34. The third-order valence-corrected chi connectivity index (χ3v) is 3.67. The van der Waals surface area contributed by atoms with E-state index in [1.54, 1.807) is 6.92 Å².